The zero-order valence-electron chi connectivity index (χ0n) is 23.2. The van der Waals surface area contributed by atoms with Gasteiger partial charge in [0.25, 0.3) is 0 Å². The number of hydrogen-bond acceptors (Lipinski definition) is 4. The number of rotatable bonds is 1. The van der Waals surface area contributed by atoms with Crippen LogP contribution < -0.4 is 0 Å². The molecule has 0 aromatic carbocycles. The van der Waals surface area contributed by atoms with Crippen LogP contribution in [0.2, 0.25) is 0 Å². The summed E-state index contributed by atoms with van der Waals surface area (Å²) in [5.41, 5.74) is 0.489. The smallest absolute Gasteiger partial charge is 0.310 e. The van der Waals surface area contributed by atoms with Crippen molar-refractivity contribution in [3.8, 4) is 0 Å². The van der Waals surface area contributed by atoms with Gasteiger partial charge < -0.3 is 14.6 Å². The van der Waals surface area contributed by atoms with Crippen LogP contribution in [-0.2, 0) is 19.1 Å². The van der Waals surface area contributed by atoms with E-state index in [-0.39, 0.29) is 46.3 Å². The molecule has 1 saturated heterocycles. The van der Waals surface area contributed by atoms with Gasteiger partial charge in [0.1, 0.15) is 12.9 Å². The van der Waals surface area contributed by atoms with Crippen molar-refractivity contribution >= 4 is 11.8 Å². The van der Waals surface area contributed by atoms with E-state index in [1.54, 1.807) is 0 Å². The lowest BCUT2D eigenvalue weighted by atomic mass is 9.33. The maximum atomic E-state index is 13.6. The highest BCUT2D eigenvalue weighted by Crippen LogP contribution is 2.75. The van der Waals surface area contributed by atoms with E-state index < -0.39 is 11.4 Å². The van der Waals surface area contributed by atoms with Gasteiger partial charge in [0.15, 0.2) is 5.78 Å². The van der Waals surface area contributed by atoms with Crippen LogP contribution in [0.25, 0.3) is 0 Å². The number of hydrogen-bond donors (Lipinski definition) is 1. The molecule has 0 amide bonds. The third-order valence-corrected chi connectivity index (χ3v) is 13.7. The molecule has 200 valence electrons. The molecule has 1 heterocycles. The molecule has 11 atom stereocenters. The fourth-order valence-corrected chi connectivity index (χ4v) is 11.4. The second kappa shape index (κ2) is 7.68. The third-order valence-electron chi connectivity index (χ3n) is 13.7. The fourth-order valence-electron chi connectivity index (χ4n) is 11.4. The Morgan fingerprint density at radius 1 is 1.00 bits per heavy atom. The minimum Gasteiger partial charge on any atom is -0.481 e. The van der Waals surface area contributed by atoms with Gasteiger partial charge in [0.2, 0.25) is 0 Å². The number of carboxylic acids is 1. The highest BCUT2D eigenvalue weighted by atomic mass is 16.7. The maximum absolute atomic E-state index is 13.6. The molecular formula is C31H46O5. The first kappa shape index (κ1) is 25.1. The summed E-state index contributed by atoms with van der Waals surface area (Å²) in [4.78, 5) is 26.4. The Labute approximate surface area is 216 Å². The van der Waals surface area contributed by atoms with E-state index in [1.165, 1.54) is 5.57 Å². The standard InChI is InChI=1S/C31H46O5/c1-18-9-12-31(26(33)34)14-13-29(5)20(24(31)19(18)2)7-8-23-27(3)15-21(32)25-28(4,16-35-17-36-25)22(27)10-11-30(23,29)6/h7,18-19,22-25H,8-17H2,1-6H3,(H,33,34)/t18-,19+,22?,23?,24?,25+,27+,28?,29-,30-,31+/m1/s1. The first-order valence-electron chi connectivity index (χ1n) is 14.5. The number of carboxylic acid groups (broad SMARTS) is 1. The largest absolute Gasteiger partial charge is 0.481 e. The Balaban J connectivity index is 1.45. The molecule has 5 aliphatic carbocycles. The maximum Gasteiger partial charge on any atom is 0.310 e. The predicted molar refractivity (Wildman–Crippen MR) is 137 cm³/mol. The molecule has 1 aliphatic heterocycles. The number of carbonyl (C=O) groups excluding carboxylic acids is 1. The minimum atomic E-state index is -0.611. The molecule has 0 spiro atoms. The summed E-state index contributed by atoms with van der Waals surface area (Å²) >= 11 is 0. The fraction of sp³-hybridized carbons (Fsp3) is 0.871. The van der Waals surface area contributed by atoms with Crippen LogP contribution in [0.4, 0.5) is 0 Å². The van der Waals surface area contributed by atoms with Gasteiger partial charge in [-0.3, -0.25) is 9.59 Å². The van der Waals surface area contributed by atoms with E-state index in [0.717, 1.165) is 44.9 Å². The monoisotopic (exact) mass is 498 g/mol. The SMILES string of the molecule is C[C@@H]1CC[C@]2(C(=O)O)CC[C@]3(C)C(=CCC4[C@@]5(C)CC(=O)[C@@H]6OCOCC6(C)C5CC[C@]43C)C2[C@H]1C. The lowest BCUT2D eigenvalue weighted by Crippen LogP contribution is -2.68. The van der Waals surface area contributed by atoms with Crippen molar-refractivity contribution in [1.82, 2.24) is 0 Å². The van der Waals surface area contributed by atoms with Crippen LogP contribution in [0.5, 0.6) is 0 Å². The Morgan fingerprint density at radius 2 is 1.75 bits per heavy atom. The number of carbonyl (C=O) groups is 2. The summed E-state index contributed by atoms with van der Waals surface area (Å²) < 4.78 is 11.8. The summed E-state index contributed by atoms with van der Waals surface area (Å²) in [6, 6.07) is 0. The number of fused-ring (bicyclic) bond motifs is 9. The van der Waals surface area contributed by atoms with E-state index in [1.807, 2.05) is 0 Å². The first-order valence-corrected chi connectivity index (χ1v) is 14.5. The second-order valence-electron chi connectivity index (χ2n) is 14.8. The third kappa shape index (κ3) is 2.80. The first-order chi connectivity index (χ1) is 16.9. The van der Waals surface area contributed by atoms with Crippen molar-refractivity contribution < 1.29 is 24.2 Å². The number of ketones is 1. The minimum absolute atomic E-state index is 0.0286. The lowest BCUT2D eigenvalue weighted by molar-refractivity contribution is -0.266. The van der Waals surface area contributed by atoms with Crippen molar-refractivity contribution in [2.75, 3.05) is 13.4 Å². The molecule has 4 unspecified atom stereocenters. The number of allylic oxidation sites excluding steroid dienone is 2. The van der Waals surface area contributed by atoms with Crippen LogP contribution >= 0.6 is 0 Å². The van der Waals surface area contributed by atoms with Crippen LogP contribution in [0.3, 0.4) is 0 Å². The van der Waals surface area contributed by atoms with E-state index in [9.17, 15) is 14.7 Å². The van der Waals surface area contributed by atoms with Gasteiger partial charge in [-0.2, -0.15) is 0 Å². The molecule has 0 bridgehead atoms. The predicted octanol–water partition coefficient (Wildman–Crippen LogP) is 6.26. The number of aliphatic carboxylic acids is 1. The second-order valence-corrected chi connectivity index (χ2v) is 14.8. The van der Waals surface area contributed by atoms with Crippen molar-refractivity contribution in [2.45, 2.75) is 99.0 Å². The molecular weight excluding hydrogens is 452 g/mol. The molecule has 5 nitrogen and oxygen atoms in total. The zero-order chi connectivity index (χ0) is 25.9. The van der Waals surface area contributed by atoms with Gasteiger partial charge in [-0.15, -0.1) is 0 Å². The molecule has 4 saturated carbocycles. The van der Waals surface area contributed by atoms with Crippen molar-refractivity contribution in [2.24, 2.45) is 56.7 Å². The van der Waals surface area contributed by atoms with Gasteiger partial charge in [-0.25, -0.2) is 0 Å². The van der Waals surface area contributed by atoms with Crippen LogP contribution in [0.1, 0.15) is 92.9 Å². The average molecular weight is 499 g/mol. The highest BCUT2D eigenvalue weighted by molar-refractivity contribution is 5.86. The van der Waals surface area contributed by atoms with Crippen molar-refractivity contribution in [3.05, 3.63) is 11.6 Å². The molecule has 36 heavy (non-hydrogen) atoms. The molecule has 6 rings (SSSR count). The van der Waals surface area contributed by atoms with Crippen LogP contribution in [-0.4, -0.2) is 36.4 Å². The topological polar surface area (TPSA) is 72.8 Å². The molecule has 1 N–H and O–H groups in total. The molecule has 0 radical (unpaired) electrons. The summed E-state index contributed by atoms with van der Waals surface area (Å²) in [6.45, 7) is 15.1. The zero-order valence-corrected chi connectivity index (χ0v) is 23.2. The number of Topliss-reactive ketones (excluding diaryl/α,β-unsaturated/α-hetero) is 1. The van der Waals surface area contributed by atoms with Crippen molar-refractivity contribution in [3.63, 3.8) is 0 Å². The quantitative estimate of drug-likeness (QED) is 0.432. The summed E-state index contributed by atoms with van der Waals surface area (Å²) in [5, 5.41) is 10.6. The molecule has 5 fully saturated rings. The van der Waals surface area contributed by atoms with Gasteiger partial charge in [-0.05, 0) is 90.8 Å². The Morgan fingerprint density at radius 3 is 2.47 bits per heavy atom. The molecule has 0 aromatic rings. The van der Waals surface area contributed by atoms with E-state index in [0.29, 0.717) is 36.7 Å². The molecule has 5 heteroatoms. The lowest BCUT2D eigenvalue weighted by Gasteiger charge is -2.71. The van der Waals surface area contributed by atoms with E-state index >= 15 is 0 Å². The van der Waals surface area contributed by atoms with Gasteiger partial charge in [0.05, 0.1) is 12.0 Å². The van der Waals surface area contributed by atoms with Crippen LogP contribution in [0.15, 0.2) is 11.6 Å². The van der Waals surface area contributed by atoms with Gasteiger partial charge in [0, 0.05) is 11.8 Å². The van der Waals surface area contributed by atoms with E-state index in [2.05, 4.69) is 47.6 Å². The van der Waals surface area contributed by atoms with E-state index in [4.69, 9.17) is 9.47 Å². The number of ether oxygens (including phenoxy) is 2. The highest BCUT2D eigenvalue weighted by Gasteiger charge is 2.71. The summed E-state index contributed by atoms with van der Waals surface area (Å²) in [6.07, 6.45) is 9.44. The summed E-state index contributed by atoms with van der Waals surface area (Å²) in [7, 11) is 0. The Bertz CT molecular complexity index is 1020. The molecule has 0 aromatic heterocycles. The van der Waals surface area contributed by atoms with Crippen molar-refractivity contribution in [1.29, 1.82) is 0 Å². The summed E-state index contributed by atoms with van der Waals surface area (Å²) in [5.74, 6) is 1.51. The van der Waals surface area contributed by atoms with Gasteiger partial charge >= 0.3 is 5.97 Å². The average Bonchev–Trinajstić information content (AvgIpc) is 2.81. The molecule has 6 aliphatic rings. The Hall–Kier alpha value is -1.20. The Kier molecular flexibility index (Phi) is 5.36. The normalized spacial score (nSPS) is 56.3. The van der Waals surface area contributed by atoms with Crippen LogP contribution in [0, 0.1) is 56.7 Å². The van der Waals surface area contributed by atoms with Gasteiger partial charge in [-0.1, -0.05) is 53.2 Å².